The molecule has 0 radical (unpaired) electrons. The molecule has 2 rings (SSSR count). The van der Waals surface area contributed by atoms with E-state index in [0.717, 1.165) is 23.4 Å². The van der Waals surface area contributed by atoms with Crippen LogP contribution >= 0.6 is 0 Å². The highest BCUT2D eigenvalue weighted by atomic mass is 16.5. The van der Waals surface area contributed by atoms with Crippen LogP contribution in [0.25, 0.3) is 0 Å². The standard InChI is InChI=1S/C19H23NO2/c1-4-14(2)17-7-5-6-8-18(17)20-19(21)13-15-9-11-16(22-3)12-10-15/h5-12,14H,4,13H2,1-3H3,(H,20,21). The van der Waals surface area contributed by atoms with Crippen molar-refractivity contribution in [2.75, 3.05) is 12.4 Å². The number of methoxy groups -OCH3 is 1. The van der Waals surface area contributed by atoms with Crippen LogP contribution in [0.2, 0.25) is 0 Å². The van der Waals surface area contributed by atoms with Gasteiger partial charge in [-0.15, -0.1) is 0 Å². The van der Waals surface area contributed by atoms with Crippen molar-refractivity contribution in [1.29, 1.82) is 0 Å². The van der Waals surface area contributed by atoms with Crippen molar-refractivity contribution in [1.82, 2.24) is 0 Å². The Morgan fingerprint density at radius 1 is 1.14 bits per heavy atom. The van der Waals surface area contributed by atoms with Crippen LogP contribution in [0.3, 0.4) is 0 Å². The average Bonchev–Trinajstić information content (AvgIpc) is 2.55. The highest BCUT2D eigenvalue weighted by Gasteiger charge is 2.11. The third-order valence-electron chi connectivity index (χ3n) is 3.90. The molecule has 22 heavy (non-hydrogen) atoms. The van der Waals surface area contributed by atoms with E-state index < -0.39 is 0 Å². The lowest BCUT2D eigenvalue weighted by Gasteiger charge is -2.15. The van der Waals surface area contributed by atoms with Gasteiger partial charge in [-0.25, -0.2) is 0 Å². The topological polar surface area (TPSA) is 38.3 Å². The fourth-order valence-electron chi connectivity index (χ4n) is 2.38. The van der Waals surface area contributed by atoms with Crippen LogP contribution in [0, 0.1) is 0 Å². The first-order valence-electron chi connectivity index (χ1n) is 7.65. The van der Waals surface area contributed by atoms with Gasteiger partial charge in [-0.05, 0) is 41.7 Å². The molecule has 0 aliphatic rings. The lowest BCUT2D eigenvalue weighted by molar-refractivity contribution is -0.115. The molecule has 2 aromatic rings. The second-order valence-electron chi connectivity index (χ2n) is 5.47. The summed E-state index contributed by atoms with van der Waals surface area (Å²) in [5.74, 6) is 1.23. The Hall–Kier alpha value is -2.29. The van der Waals surface area contributed by atoms with Gasteiger partial charge in [0.2, 0.25) is 5.91 Å². The molecule has 1 atom stereocenters. The van der Waals surface area contributed by atoms with Gasteiger partial charge in [0.15, 0.2) is 0 Å². The number of carbonyl (C=O) groups excluding carboxylic acids is 1. The first-order chi connectivity index (χ1) is 10.6. The van der Waals surface area contributed by atoms with E-state index in [1.165, 1.54) is 5.56 Å². The highest BCUT2D eigenvalue weighted by molar-refractivity contribution is 5.93. The number of carbonyl (C=O) groups is 1. The normalized spacial score (nSPS) is 11.8. The number of amides is 1. The van der Waals surface area contributed by atoms with Crippen molar-refractivity contribution >= 4 is 11.6 Å². The molecular formula is C19H23NO2. The summed E-state index contributed by atoms with van der Waals surface area (Å²) in [5.41, 5.74) is 3.07. The minimum absolute atomic E-state index is 0.000852. The van der Waals surface area contributed by atoms with Crippen LogP contribution < -0.4 is 10.1 Å². The zero-order valence-corrected chi connectivity index (χ0v) is 13.4. The van der Waals surface area contributed by atoms with E-state index >= 15 is 0 Å². The summed E-state index contributed by atoms with van der Waals surface area (Å²) >= 11 is 0. The van der Waals surface area contributed by atoms with E-state index in [1.54, 1.807) is 7.11 Å². The largest absolute Gasteiger partial charge is 0.497 e. The van der Waals surface area contributed by atoms with Gasteiger partial charge in [0.05, 0.1) is 13.5 Å². The molecular weight excluding hydrogens is 274 g/mol. The minimum atomic E-state index is 0.000852. The quantitative estimate of drug-likeness (QED) is 0.858. The molecule has 0 saturated carbocycles. The first kappa shape index (κ1) is 16.1. The monoisotopic (exact) mass is 297 g/mol. The average molecular weight is 297 g/mol. The number of anilines is 1. The number of benzene rings is 2. The van der Waals surface area contributed by atoms with Crippen molar-refractivity contribution in [2.24, 2.45) is 0 Å². The molecule has 3 heteroatoms. The molecule has 0 aromatic heterocycles. The van der Waals surface area contributed by atoms with Crippen molar-refractivity contribution in [3.8, 4) is 5.75 Å². The Bertz CT molecular complexity index is 620. The Morgan fingerprint density at radius 2 is 1.82 bits per heavy atom. The van der Waals surface area contributed by atoms with Crippen LogP contribution in [0.15, 0.2) is 48.5 Å². The van der Waals surface area contributed by atoms with Gasteiger partial charge in [0.25, 0.3) is 0 Å². The number of nitrogens with one attached hydrogen (secondary N) is 1. The van der Waals surface area contributed by atoms with E-state index in [2.05, 4.69) is 25.2 Å². The number of hydrogen-bond acceptors (Lipinski definition) is 2. The summed E-state index contributed by atoms with van der Waals surface area (Å²) in [5, 5.41) is 3.03. The molecule has 116 valence electrons. The van der Waals surface area contributed by atoms with Crippen LogP contribution in [-0.4, -0.2) is 13.0 Å². The second-order valence-corrected chi connectivity index (χ2v) is 5.47. The predicted molar refractivity (Wildman–Crippen MR) is 90.5 cm³/mol. The fourth-order valence-corrected chi connectivity index (χ4v) is 2.38. The number of ether oxygens (including phenoxy) is 1. The SMILES string of the molecule is CCC(C)c1ccccc1NC(=O)Cc1ccc(OC)cc1. The maximum atomic E-state index is 12.3. The summed E-state index contributed by atoms with van der Waals surface area (Å²) in [7, 11) is 1.63. The van der Waals surface area contributed by atoms with Gasteiger partial charge in [0, 0.05) is 5.69 Å². The molecule has 1 unspecified atom stereocenters. The van der Waals surface area contributed by atoms with Gasteiger partial charge in [-0.1, -0.05) is 44.2 Å². The number of rotatable bonds is 6. The third kappa shape index (κ3) is 4.10. The van der Waals surface area contributed by atoms with Crippen LogP contribution in [-0.2, 0) is 11.2 Å². The van der Waals surface area contributed by atoms with E-state index in [-0.39, 0.29) is 5.91 Å². The van der Waals surface area contributed by atoms with Gasteiger partial charge in [-0.3, -0.25) is 4.79 Å². The third-order valence-corrected chi connectivity index (χ3v) is 3.90. The first-order valence-corrected chi connectivity index (χ1v) is 7.65. The van der Waals surface area contributed by atoms with Crippen molar-refractivity contribution in [3.63, 3.8) is 0 Å². The highest BCUT2D eigenvalue weighted by Crippen LogP contribution is 2.26. The van der Waals surface area contributed by atoms with Gasteiger partial charge >= 0.3 is 0 Å². The van der Waals surface area contributed by atoms with Crippen molar-refractivity contribution < 1.29 is 9.53 Å². The number of para-hydroxylation sites is 1. The minimum Gasteiger partial charge on any atom is -0.497 e. The van der Waals surface area contributed by atoms with Crippen molar-refractivity contribution in [2.45, 2.75) is 32.6 Å². The summed E-state index contributed by atoms with van der Waals surface area (Å²) in [4.78, 5) is 12.3. The second kappa shape index (κ2) is 7.64. The van der Waals surface area contributed by atoms with E-state index in [0.29, 0.717) is 12.3 Å². The fraction of sp³-hybridized carbons (Fsp3) is 0.316. The smallest absolute Gasteiger partial charge is 0.228 e. The molecule has 0 aliphatic carbocycles. The Morgan fingerprint density at radius 3 is 2.45 bits per heavy atom. The Kier molecular flexibility index (Phi) is 5.59. The van der Waals surface area contributed by atoms with E-state index in [4.69, 9.17) is 4.74 Å². The molecule has 0 bridgehead atoms. The molecule has 0 spiro atoms. The van der Waals surface area contributed by atoms with Crippen molar-refractivity contribution in [3.05, 3.63) is 59.7 Å². The van der Waals surface area contributed by atoms with Gasteiger partial charge < -0.3 is 10.1 Å². The molecule has 2 aromatic carbocycles. The van der Waals surface area contributed by atoms with Crippen LogP contribution in [0.5, 0.6) is 5.75 Å². The lowest BCUT2D eigenvalue weighted by atomic mass is 9.97. The summed E-state index contributed by atoms with van der Waals surface area (Å²) in [6, 6.07) is 15.6. The molecule has 0 fully saturated rings. The lowest BCUT2D eigenvalue weighted by Crippen LogP contribution is -2.16. The van der Waals surface area contributed by atoms with Gasteiger partial charge in [0.1, 0.15) is 5.75 Å². The zero-order chi connectivity index (χ0) is 15.9. The van der Waals surface area contributed by atoms with Crippen LogP contribution in [0.4, 0.5) is 5.69 Å². The summed E-state index contributed by atoms with van der Waals surface area (Å²) < 4.78 is 5.12. The molecule has 3 nitrogen and oxygen atoms in total. The molecule has 1 amide bonds. The summed E-state index contributed by atoms with van der Waals surface area (Å²) in [6.07, 6.45) is 1.41. The van der Waals surface area contributed by atoms with E-state index in [9.17, 15) is 4.79 Å². The zero-order valence-electron chi connectivity index (χ0n) is 13.4. The molecule has 0 aliphatic heterocycles. The maximum Gasteiger partial charge on any atom is 0.228 e. The Labute approximate surface area is 132 Å². The molecule has 0 heterocycles. The number of hydrogen-bond donors (Lipinski definition) is 1. The molecule has 1 N–H and O–H groups in total. The van der Waals surface area contributed by atoms with Gasteiger partial charge in [-0.2, -0.15) is 0 Å². The van der Waals surface area contributed by atoms with Crippen LogP contribution in [0.1, 0.15) is 37.3 Å². The summed E-state index contributed by atoms with van der Waals surface area (Å²) in [6.45, 7) is 4.33. The van der Waals surface area contributed by atoms with E-state index in [1.807, 2.05) is 42.5 Å². The predicted octanol–water partition coefficient (Wildman–Crippen LogP) is 4.39. The Balaban J connectivity index is 2.05. The maximum absolute atomic E-state index is 12.3. The molecule has 0 saturated heterocycles.